The van der Waals surface area contributed by atoms with Crippen LogP contribution in [0.25, 0.3) is 0 Å². The lowest BCUT2D eigenvalue weighted by Crippen LogP contribution is -2.48. The van der Waals surface area contributed by atoms with E-state index in [0.717, 1.165) is 38.7 Å². The van der Waals surface area contributed by atoms with Gasteiger partial charge in [-0.25, -0.2) is 0 Å². The molecule has 2 aliphatic rings. The molecule has 0 bridgehead atoms. The number of unbranched alkanes of at least 4 members (excludes halogenated alkanes) is 1. The molecule has 35 heavy (non-hydrogen) atoms. The Kier molecular flexibility index (Phi) is 19.1. The lowest BCUT2D eigenvalue weighted by Gasteiger charge is -2.33. The molecular formula is C25H48O10. The summed E-state index contributed by atoms with van der Waals surface area (Å²) in [4.78, 5) is 0. The van der Waals surface area contributed by atoms with Crippen LogP contribution in [0.1, 0.15) is 39.0 Å². The van der Waals surface area contributed by atoms with Crippen LogP contribution in [0, 0.1) is 0 Å². The highest BCUT2D eigenvalue weighted by Gasteiger charge is 2.33. The van der Waals surface area contributed by atoms with Crippen molar-refractivity contribution in [3.05, 3.63) is 0 Å². The van der Waals surface area contributed by atoms with Crippen LogP contribution in [0.5, 0.6) is 0 Å². The smallest absolute Gasteiger partial charge is 0.157 e. The molecule has 0 aromatic heterocycles. The molecule has 0 spiro atoms. The summed E-state index contributed by atoms with van der Waals surface area (Å²) >= 11 is 0. The molecule has 2 saturated heterocycles. The third-order valence-corrected chi connectivity index (χ3v) is 5.53. The number of ether oxygens (including phenoxy) is 10. The van der Waals surface area contributed by atoms with Crippen LogP contribution in [0.2, 0.25) is 0 Å². The van der Waals surface area contributed by atoms with Crippen molar-refractivity contribution in [1.29, 1.82) is 0 Å². The Morgan fingerprint density at radius 1 is 0.657 bits per heavy atom. The minimum Gasteiger partial charge on any atom is -0.378 e. The summed E-state index contributed by atoms with van der Waals surface area (Å²) in [6, 6.07) is 0. The predicted molar refractivity (Wildman–Crippen MR) is 129 cm³/mol. The van der Waals surface area contributed by atoms with E-state index in [4.69, 9.17) is 47.4 Å². The van der Waals surface area contributed by atoms with E-state index in [9.17, 15) is 0 Å². The molecule has 2 heterocycles. The molecule has 0 N–H and O–H groups in total. The number of hydrogen-bond acceptors (Lipinski definition) is 10. The zero-order chi connectivity index (χ0) is 24.7. The zero-order valence-corrected chi connectivity index (χ0v) is 21.7. The Labute approximate surface area is 211 Å². The van der Waals surface area contributed by atoms with Gasteiger partial charge in [-0.15, -0.1) is 0 Å². The first kappa shape index (κ1) is 30.8. The Balaban J connectivity index is 1.86. The van der Waals surface area contributed by atoms with Crippen molar-refractivity contribution in [2.24, 2.45) is 0 Å². The highest BCUT2D eigenvalue weighted by Crippen LogP contribution is 2.17. The van der Waals surface area contributed by atoms with Gasteiger partial charge in [0.1, 0.15) is 5.60 Å². The predicted octanol–water partition coefficient (Wildman–Crippen LogP) is 2.21. The van der Waals surface area contributed by atoms with E-state index in [1.807, 2.05) is 0 Å². The molecule has 0 aromatic carbocycles. The Morgan fingerprint density at radius 2 is 1.23 bits per heavy atom. The van der Waals surface area contributed by atoms with Crippen molar-refractivity contribution in [2.75, 3.05) is 112 Å². The number of hydrogen-bond donors (Lipinski definition) is 0. The van der Waals surface area contributed by atoms with Crippen LogP contribution < -0.4 is 0 Å². The molecule has 0 aromatic rings. The van der Waals surface area contributed by atoms with Crippen LogP contribution >= 0.6 is 0 Å². The summed E-state index contributed by atoms with van der Waals surface area (Å²) in [6.45, 7) is 10.4. The van der Waals surface area contributed by atoms with E-state index in [1.165, 1.54) is 0 Å². The van der Waals surface area contributed by atoms with Gasteiger partial charge in [-0.2, -0.15) is 0 Å². The van der Waals surface area contributed by atoms with E-state index < -0.39 is 5.60 Å². The van der Waals surface area contributed by atoms with E-state index >= 15 is 0 Å². The maximum atomic E-state index is 6.32. The lowest BCUT2D eigenvalue weighted by molar-refractivity contribution is -0.200. The maximum absolute atomic E-state index is 6.32. The van der Waals surface area contributed by atoms with Gasteiger partial charge < -0.3 is 47.4 Å². The van der Waals surface area contributed by atoms with Gasteiger partial charge >= 0.3 is 0 Å². The molecule has 0 radical (unpaired) electrons. The molecule has 1 unspecified atom stereocenters. The first-order valence-corrected chi connectivity index (χ1v) is 13.3. The number of rotatable bonds is 10. The van der Waals surface area contributed by atoms with E-state index in [0.29, 0.717) is 106 Å². The minimum absolute atomic E-state index is 0.145. The van der Waals surface area contributed by atoms with Crippen molar-refractivity contribution in [3.8, 4) is 0 Å². The van der Waals surface area contributed by atoms with Gasteiger partial charge in [0.25, 0.3) is 0 Å². The average Bonchev–Trinajstić information content (AvgIpc) is 2.88. The lowest BCUT2D eigenvalue weighted by atomic mass is 10.1. The molecule has 0 amide bonds. The fourth-order valence-electron chi connectivity index (χ4n) is 3.55. The molecule has 1 atom stereocenters. The Bertz CT molecular complexity index is 442. The van der Waals surface area contributed by atoms with Crippen LogP contribution in [0.3, 0.4) is 0 Å². The second-order valence-electron chi connectivity index (χ2n) is 8.66. The normalized spacial score (nSPS) is 24.8. The summed E-state index contributed by atoms with van der Waals surface area (Å²) in [5, 5.41) is 0. The van der Waals surface area contributed by atoms with Crippen LogP contribution in [-0.2, 0) is 47.4 Å². The van der Waals surface area contributed by atoms with Gasteiger partial charge in [0, 0.05) is 13.2 Å². The molecule has 10 heteroatoms. The second-order valence-corrected chi connectivity index (χ2v) is 8.66. The summed E-state index contributed by atoms with van der Waals surface area (Å²) in [7, 11) is 0. The van der Waals surface area contributed by atoms with Gasteiger partial charge in [-0.3, -0.25) is 0 Å². The molecule has 10 nitrogen and oxygen atoms in total. The third kappa shape index (κ3) is 16.1. The molecule has 2 aliphatic heterocycles. The fourth-order valence-corrected chi connectivity index (χ4v) is 3.55. The van der Waals surface area contributed by atoms with Crippen molar-refractivity contribution < 1.29 is 47.4 Å². The standard InChI is InChI=1S/C25H48O10/c1-2-3-7-30-21-25(35-20-19-34-24-6-4-5-8-33-24)22-31-17-15-28-13-11-26-9-10-27-12-14-29-16-18-32-23-25/h24H,2-23H2,1H3. The summed E-state index contributed by atoms with van der Waals surface area (Å²) in [5.41, 5.74) is -0.750. The van der Waals surface area contributed by atoms with Gasteiger partial charge in [0.15, 0.2) is 6.29 Å². The molecule has 2 fully saturated rings. The fraction of sp³-hybridized carbons (Fsp3) is 1.00. The minimum atomic E-state index is -0.750. The summed E-state index contributed by atoms with van der Waals surface area (Å²) in [6.07, 6.45) is 5.06. The van der Waals surface area contributed by atoms with Crippen molar-refractivity contribution in [3.63, 3.8) is 0 Å². The SMILES string of the molecule is CCCCOCC1(OCCOC2CCCCO2)COCCOCCOCCOCCOCCOC1. The summed E-state index contributed by atoms with van der Waals surface area (Å²) < 4.78 is 57.9. The van der Waals surface area contributed by atoms with E-state index in [-0.39, 0.29) is 6.29 Å². The van der Waals surface area contributed by atoms with E-state index in [2.05, 4.69) is 6.92 Å². The highest BCUT2D eigenvalue weighted by molar-refractivity contribution is 4.81. The van der Waals surface area contributed by atoms with E-state index in [1.54, 1.807) is 0 Å². The zero-order valence-electron chi connectivity index (χ0n) is 21.7. The highest BCUT2D eigenvalue weighted by atomic mass is 16.7. The second kappa shape index (κ2) is 21.7. The molecule has 0 aliphatic carbocycles. The first-order chi connectivity index (χ1) is 17.3. The largest absolute Gasteiger partial charge is 0.378 e. The van der Waals surface area contributed by atoms with Crippen LogP contribution in [0.15, 0.2) is 0 Å². The maximum Gasteiger partial charge on any atom is 0.157 e. The quantitative estimate of drug-likeness (QED) is 0.409. The molecule has 0 saturated carbocycles. The van der Waals surface area contributed by atoms with Crippen molar-refractivity contribution in [1.82, 2.24) is 0 Å². The topological polar surface area (TPSA) is 92.3 Å². The molecular weight excluding hydrogens is 460 g/mol. The summed E-state index contributed by atoms with van der Waals surface area (Å²) in [5.74, 6) is 0. The Morgan fingerprint density at radius 3 is 1.74 bits per heavy atom. The molecule has 208 valence electrons. The first-order valence-electron chi connectivity index (χ1n) is 13.3. The van der Waals surface area contributed by atoms with Crippen LogP contribution in [0.4, 0.5) is 0 Å². The van der Waals surface area contributed by atoms with Crippen molar-refractivity contribution in [2.45, 2.75) is 50.9 Å². The third-order valence-electron chi connectivity index (χ3n) is 5.53. The van der Waals surface area contributed by atoms with Gasteiger partial charge in [0.2, 0.25) is 0 Å². The van der Waals surface area contributed by atoms with Crippen molar-refractivity contribution >= 4 is 0 Å². The molecule has 2 rings (SSSR count). The van der Waals surface area contributed by atoms with Crippen LogP contribution in [-0.4, -0.2) is 124 Å². The monoisotopic (exact) mass is 508 g/mol. The Hall–Kier alpha value is -0.400. The average molecular weight is 509 g/mol. The van der Waals surface area contributed by atoms with Gasteiger partial charge in [-0.1, -0.05) is 13.3 Å². The van der Waals surface area contributed by atoms with Gasteiger partial charge in [0.05, 0.1) is 99.1 Å². The van der Waals surface area contributed by atoms with Gasteiger partial charge in [-0.05, 0) is 25.7 Å².